The number of amides is 3. The van der Waals surface area contributed by atoms with E-state index in [-0.39, 0.29) is 19.1 Å². The van der Waals surface area contributed by atoms with Gasteiger partial charge in [0.2, 0.25) is 11.8 Å². The molecular formula is C31H31FN6O6. The van der Waals surface area contributed by atoms with Crippen molar-refractivity contribution in [1.29, 1.82) is 0 Å². The molecule has 44 heavy (non-hydrogen) atoms. The molecule has 0 bridgehead atoms. The first-order chi connectivity index (χ1) is 21.4. The molecule has 2 fully saturated rings. The van der Waals surface area contributed by atoms with Crippen LogP contribution in [0.1, 0.15) is 10.5 Å². The fourth-order valence-electron chi connectivity index (χ4n) is 4.90. The van der Waals surface area contributed by atoms with Gasteiger partial charge in [-0.3, -0.25) is 19.3 Å². The lowest BCUT2D eigenvalue weighted by Gasteiger charge is -2.38. The first-order valence-electron chi connectivity index (χ1n) is 14.2. The van der Waals surface area contributed by atoms with Gasteiger partial charge in [0, 0.05) is 43.8 Å². The van der Waals surface area contributed by atoms with E-state index in [0.717, 1.165) is 19.6 Å². The Labute approximate surface area is 251 Å². The predicted octanol–water partition coefficient (Wildman–Crippen LogP) is 3.15. The topological polar surface area (TPSA) is 147 Å². The molecule has 0 aliphatic carbocycles. The van der Waals surface area contributed by atoms with Crippen molar-refractivity contribution < 1.29 is 33.0 Å². The van der Waals surface area contributed by atoms with Gasteiger partial charge in [-0.2, -0.15) is 0 Å². The van der Waals surface area contributed by atoms with Crippen LogP contribution in [0.2, 0.25) is 0 Å². The van der Waals surface area contributed by atoms with Gasteiger partial charge in [0.15, 0.2) is 5.41 Å². The number of nitrogens with zero attached hydrogens (tertiary/aromatic N) is 2. The van der Waals surface area contributed by atoms with E-state index in [1.54, 1.807) is 42.6 Å². The third kappa shape index (κ3) is 6.39. The fourth-order valence-corrected chi connectivity index (χ4v) is 4.90. The zero-order valence-corrected chi connectivity index (χ0v) is 23.7. The number of benzene rings is 2. The van der Waals surface area contributed by atoms with Crippen molar-refractivity contribution >= 4 is 40.1 Å². The second-order valence-corrected chi connectivity index (χ2v) is 10.6. The van der Waals surface area contributed by atoms with E-state index in [0.29, 0.717) is 59.4 Å². The Morgan fingerprint density at radius 2 is 1.59 bits per heavy atom. The van der Waals surface area contributed by atoms with Gasteiger partial charge >= 0.3 is 0 Å². The Bertz CT molecular complexity index is 1650. The van der Waals surface area contributed by atoms with Gasteiger partial charge in [-0.25, -0.2) is 9.37 Å². The number of carbonyl (C=O) groups excluding carboxylic acids is 3. The summed E-state index contributed by atoms with van der Waals surface area (Å²) in [5, 5.41) is 9.00. The molecule has 228 valence electrons. The van der Waals surface area contributed by atoms with Crippen molar-refractivity contribution in [2.75, 3.05) is 63.2 Å². The molecule has 12 nitrogen and oxygen atoms in total. The lowest BCUT2D eigenvalue weighted by Crippen LogP contribution is -2.59. The largest absolute Gasteiger partial charge is 0.457 e. The molecule has 0 spiro atoms. The van der Waals surface area contributed by atoms with Gasteiger partial charge in [0.05, 0.1) is 31.8 Å². The van der Waals surface area contributed by atoms with Crippen LogP contribution in [0.15, 0.2) is 66.9 Å². The molecule has 0 radical (unpaired) electrons. The number of hydrogen-bond donors (Lipinski definition) is 4. The number of aromatic amines is 1. The second kappa shape index (κ2) is 12.8. The molecule has 4 aromatic rings. The van der Waals surface area contributed by atoms with Gasteiger partial charge in [-0.05, 0) is 60.7 Å². The Kier molecular flexibility index (Phi) is 8.50. The summed E-state index contributed by atoms with van der Waals surface area (Å²) in [5.74, 6) is -0.730. The van der Waals surface area contributed by atoms with Crippen LogP contribution in [-0.4, -0.2) is 85.2 Å². The molecule has 2 aliphatic heterocycles. The number of H-pyrrole nitrogens is 1. The number of nitrogens with one attached hydrogen (secondary N) is 4. The van der Waals surface area contributed by atoms with E-state index in [1.807, 2.05) is 0 Å². The number of halogens is 1. The highest BCUT2D eigenvalue weighted by Crippen LogP contribution is 2.33. The van der Waals surface area contributed by atoms with Crippen LogP contribution in [0.3, 0.4) is 0 Å². The Hall–Kier alpha value is -4.85. The van der Waals surface area contributed by atoms with E-state index >= 15 is 0 Å². The minimum Gasteiger partial charge on any atom is -0.457 e. The molecule has 0 unspecified atom stereocenters. The summed E-state index contributed by atoms with van der Waals surface area (Å²) in [6.45, 7) is 4.23. The summed E-state index contributed by atoms with van der Waals surface area (Å²) < 4.78 is 29.9. The lowest BCUT2D eigenvalue weighted by molar-refractivity contribution is -0.166. The first kappa shape index (κ1) is 29.2. The van der Waals surface area contributed by atoms with Crippen LogP contribution in [0.4, 0.5) is 15.8 Å². The standard InChI is InChI=1S/C31H31FN6O6/c32-20-1-3-21(4-2-20)35-29(40)31(18-43-19-31)30(41)36-22-5-7-23(8-6-22)44-26-9-10-33-27-24(26)17-25(37-27)28(39)34-11-12-38-13-15-42-16-14-38/h1-10,17H,11-16,18-19H2,(H,33,37)(H,34,39)(H,35,40)(H,36,41). The SMILES string of the molecule is O=C(NCCN1CCOCC1)c1cc2c(Oc3ccc(NC(=O)C4(C(=O)Nc5ccc(F)cc5)COC4)cc3)ccnc2[nH]1. The monoisotopic (exact) mass is 602 g/mol. The maximum atomic E-state index is 13.2. The number of morpholine rings is 1. The van der Waals surface area contributed by atoms with Crippen LogP contribution in [0, 0.1) is 11.2 Å². The van der Waals surface area contributed by atoms with E-state index in [2.05, 4.69) is 30.8 Å². The lowest BCUT2D eigenvalue weighted by atomic mass is 9.83. The fraction of sp³-hybridized carbons (Fsp3) is 0.290. The van der Waals surface area contributed by atoms with Gasteiger partial charge in [0.1, 0.15) is 28.7 Å². The van der Waals surface area contributed by atoms with E-state index in [4.69, 9.17) is 14.2 Å². The number of rotatable bonds is 10. The van der Waals surface area contributed by atoms with Gasteiger partial charge in [-0.1, -0.05) is 0 Å². The third-order valence-electron chi connectivity index (χ3n) is 7.56. The molecule has 6 rings (SSSR count). The highest BCUT2D eigenvalue weighted by molar-refractivity contribution is 6.15. The highest BCUT2D eigenvalue weighted by atomic mass is 19.1. The minimum absolute atomic E-state index is 0.0738. The van der Waals surface area contributed by atoms with Crippen LogP contribution >= 0.6 is 0 Å². The molecule has 4 N–H and O–H groups in total. The predicted molar refractivity (Wildman–Crippen MR) is 159 cm³/mol. The van der Waals surface area contributed by atoms with Crippen molar-refractivity contribution in [3.8, 4) is 11.5 Å². The molecular weight excluding hydrogens is 571 g/mol. The summed E-state index contributed by atoms with van der Waals surface area (Å²) >= 11 is 0. The summed E-state index contributed by atoms with van der Waals surface area (Å²) in [6.07, 6.45) is 1.58. The third-order valence-corrected chi connectivity index (χ3v) is 7.56. The number of anilines is 2. The number of hydrogen-bond acceptors (Lipinski definition) is 8. The maximum Gasteiger partial charge on any atom is 0.267 e. The van der Waals surface area contributed by atoms with E-state index in [9.17, 15) is 18.8 Å². The van der Waals surface area contributed by atoms with Gasteiger partial charge in [-0.15, -0.1) is 0 Å². The van der Waals surface area contributed by atoms with Gasteiger partial charge < -0.3 is 35.1 Å². The molecule has 2 aromatic carbocycles. The van der Waals surface area contributed by atoms with Crippen LogP contribution < -0.4 is 20.7 Å². The molecule has 13 heteroatoms. The summed E-state index contributed by atoms with van der Waals surface area (Å²) in [7, 11) is 0. The number of pyridine rings is 1. The van der Waals surface area contributed by atoms with Crippen LogP contribution in [0.5, 0.6) is 11.5 Å². The average molecular weight is 603 g/mol. The summed E-state index contributed by atoms with van der Waals surface area (Å²) in [5.41, 5.74) is 0.312. The molecule has 2 aliphatic rings. The highest BCUT2D eigenvalue weighted by Gasteiger charge is 2.52. The molecule has 2 aromatic heterocycles. The maximum absolute atomic E-state index is 13.2. The van der Waals surface area contributed by atoms with E-state index in [1.165, 1.54) is 24.3 Å². The molecule has 3 amide bonds. The van der Waals surface area contributed by atoms with Crippen molar-refractivity contribution in [2.45, 2.75) is 0 Å². The van der Waals surface area contributed by atoms with Crippen molar-refractivity contribution in [3.63, 3.8) is 0 Å². The Balaban J connectivity index is 1.07. The normalized spacial score (nSPS) is 16.1. The summed E-state index contributed by atoms with van der Waals surface area (Å²) in [4.78, 5) is 48.5. The van der Waals surface area contributed by atoms with Crippen LogP contribution in [0.25, 0.3) is 11.0 Å². The van der Waals surface area contributed by atoms with Gasteiger partial charge in [0.25, 0.3) is 5.91 Å². The smallest absolute Gasteiger partial charge is 0.267 e. The van der Waals surface area contributed by atoms with Crippen LogP contribution in [-0.2, 0) is 19.1 Å². The van der Waals surface area contributed by atoms with E-state index < -0.39 is 23.0 Å². The van der Waals surface area contributed by atoms with Crippen molar-refractivity contribution in [1.82, 2.24) is 20.2 Å². The molecule has 2 saturated heterocycles. The zero-order chi connectivity index (χ0) is 30.5. The minimum atomic E-state index is -1.41. The average Bonchev–Trinajstić information content (AvgIpc) is 3.45. The molecule has 4 heterocycles. The quantitative estimate of drug-likeness (QED) is 0.203. The Morgan fingerprint density at radius 1 is 0.932 bits per heavy atom. The van der Waals surface area contributed by atoms with Crippen molar-refractivity contribution in [3.05, 3.63) is 78.4 Å². The van der Waals surface area contributed by atoms with Crippen molar-refractivity contribution in [2.24, 2.45) is 5.41 Å². The zero-order valence-electron chi connectivity index (χ0n) is 23.7. The molecule has 0 saturated carbocycles. The Morgan fingerprint density at radius 3 is 2.23 bits per heavy atom. The summed E-state index contributed by atoms with van der Waals surface area (Å²) in [6, 6.07) is 15.4. The second-order valence-electron chi connectivity index (χ2n) is 10.6. The molecule has 0 atom stereocenters. The number of carbonyl (C=O) groups is 3. The number of fused-ring (bicyclic) bond motifs is 1. The first-order valence-corrected chi connectivity index (χ1v) is 14.2. The number of ether oxygens (including phenoxy) is 3. The number of aromatic nitrogens is 2.